The summed E-state index contributed by atoms with van der Waals surface area (Å²) in [7, 11) is 0.199. The number of rotatable bonds is 5. The summed E-state index contributed by atoms with van der Waals surface area (Å²) in [6.07, 6.45) is 0. The Labute approximate surface area is 76.3 Å². The Morgan fingerprint density at radius 3 is 1.83 bits per heavy atom. The molecule has 0 unspecified atom stereocenters. The Hall–Kier alpha value is -0.313. The highest BCUT2D eigenvalue weighted by Crippen LogP contribution is 2.25. The van der Waals surface area contributed by atoms with Gasteiger partial charge in [0, 0.05) is 6.04 Å². The SMILES string of the molecule is CC[Si](CC)(CC)CC(=O)OC. The van der Waals surface area contributed by atoms with Gasteiger partial charge in [0.25, 0.3) is 0 Å². The van der Waals surface area contributed by atoms with E-state index in [4.69, 9.17) is 4.74 Å². The third-order valence-electron chi connectivity index (χ3n) is 3.00. The van der Waals surface area contributed by atoms with Gasteiger partial charge in [0.2, 0.25) is 0 Å². The summed E-state index contributed by atoms with van der Waals surface area (Å²) in [4.78, 5) is 11.1. The molecule has 0 saturated heterocycles. The average Bonchev–Trinajstić information content (AvgIpc) is 2.14. The van der Waals surface area contributed by atoms with E-state index in [0.29, 0.717) is 6.04 Å². The minimum atomic E-state index is -1.28. The van der Waals surface area contributed by atoms with Crippen LogP contribution in [-0.4, -0.2) is 21.2 Å². The van der Waals surface area contributed by atoms with Crippen molar-refractivity contribution in [2.45, 2.75) is 44.9 Å². The first-order chi connectivity index (χ1) is 5.64. The number of esters is 1. The third kappa shape index (κ3) is 2.97. The van der Waals surface area contributed by atoms with E-state index in [1.165, 1.54) is 25.2 Å². The monoisotopic (exact) mass is 188 g/mol. The van der Waals surface area contributed by atoms with E-state index in [9.17, 15) is 4.79 Å². The molecule has 0 aromatic rings. The van der Waals surface area contributed by atoms with Crippen LogP contribution >= 0.6 is 0 Å². The molecule has 0 rings (SSSR count). The summed E-state index contributed by atoms with van der Waals surface area (Å²) >= 11 is 0. The molecule has 0 aromatic carbocycles. The van der Waals surface area contributed by atoms with Gasteiger partial charge in [-0.3, -0.25) is 4.79 Å². The molecule has 0 spiro atoms. The molecule has 0 fully saturated rings. The summed E-state index contributed by atoms with van der Waals surface area (Å²) < 4.78 is 4.71. The fourth-order valence-corrected chi connectivity index (χ4v) is 4.51. The number of carbonyl (C=O) groups excluding carboxylic acids is 1. The minimum Gasteiger partial charge on any atom is -0.469 e. The number of ether oxygens (including phenoxy) is 1. The molecule has 0 aliphatic rings. The van der Waals surface area contributed by atoms with Crippen molar-refractivity contribution in [2.24, 2.45) is 0 Å². The first-order valence-corrected chi connectivity index (χ1v) is 7.53. The predicted octanol–water partition coefficient (Wildman–Crippen LogP) is 2.67. The zero-order valence-electron chi connectivity index (χ0n) is 8.64. The fourth-order valence-electron chi connectivity index (χ4n) is 1.50. The molecular weight excluding hydrogens is 168 g/mol. The summed E-state index contributed by atoms with van der Waals surface area (Å²) in [6.45, 7) is 6.59. The van der Waals surface area contributed by atoms with Crippen LogP contribution in [0.1, 0.15) is 20.8 Å². The second-order valence-electron chi connectivity index (χ2n) is 3.31. The quantitative estimate of drug-likeness (QED) is 0.490. The lowest BCUT2D eigenvalue weighted by Crippen LogP contribution is -2.34. The number of hydrogen-bond donors (Lipinski definition) is 0. The Kier molecular flexibility index (Phi) is 5.21. The molecule has 0 amide bonds. The van der Waals surface area contributed by atoms with Crippen LogP contribution in [0, 0.1) is 0 Å². The lowest BCUT2D eigenvalue weighted by atomic mass is 10.8. The van der Waals surface area contributed by atoms with Gasteiger partial charge < -0.3 is 4.74 Å². The highest BCUT2D eigenvalue weighted by atomic mass is 28.3. The lowest BCUT2D eigenvalue weighted by molar-refractivity contribution is -0.138. The summed E-state index contributed by atoms with van der Waals surface area (Å²) in [6, 6.07) is 4.27. The summed E-state index contributed by atoms with van der Waals surface area (Å²) in [5, 5.41) is 0. The summed E-state index contributed by atoms with van der Waals surface area (Å²) in [5.41, 5.74) is 0. The van der Waals surface area contributed by atoms with E-state index < -0.39 is 8.07 Å². The smallest absolute Gasteiger partial charge is 0.302 e. The number of carbonyl (C=O) groups is 1. The molecule has 0 aliphatic heterocycles. The second kappa shape index (κ2) is 5.35. The van der Waals surface area contributed by atoms with Crippen molar-refractivity contribution in [3.63, 3.8) is 0 Å². The minimum absolute atomic E-state index is 0.0211. The van der Waals surface area contributed by atoms with Crippen LogP contribution in [0.25, 0.3) is 0 Å². The first-order valence-electron chi connectivity index (χ1n) is 4.71. The van der Waals surface area contributed by atoms with Crippen LogP contribution < -0.4 is 0 Å². The highest BCUT2D eigenvalue weighted by molar-refractivity contribution is 6.82. The van der Waals surface area contributed by atoms with Crippen LogP contribution in [0.5, 0.6) is 0 Å². The van der Waals surface area contributed by atoms with Crippen LogP contribution in [0.15, 0.2) is 0 Å². The first kappa shape index (κ1) is 11.7. The van der Waals surface area contributed by atoms with Crippen LogP contribution in [0.2, 0.25) is 24.2 Å². The standard InChI is InChI=1S/C9H20O2Si/c1-5-12(6-2,7-3)8-9(10)11-4/h5-8H2,1-4H3. The van der Waals surface area contributed by atoms with E-state index >= 15 is 0 Å². The van der Waals surface area contributed by atoms with Crippen molar-refractivity contribution < 1.29 is 9.53 Å². The molecule has 0 radical (unpaired) electrons. The van der Waals surface area contributed by atoms with Gasteiger partial charge in [0.15, 0.2) is 0 Å². The molecule has 0 N–H and O–H groups in total. The van der Waals surface area contributed by atoms with E-state index in [1.807, 2.05) is 0 Å². The predicted molar refractivity (Wildman–Crippen MR) is 54.0 cm³/mol. The maximum atomic E-state index is 11.1. The molecule has 3 heteroatoms. The molecule has 0 bridgehead atoms. The van der Waals surface area contributed by atoms with Gasteiger partial charge >= 0.3 is 5.97 Å². The Balaban J connectivity index is 4.19. The molecular formula is C9H20O2Si. The van der Waals surface area contributed by atoms with Gasteiger partial charge in [-0.2, -0.15) is 0 Å². The summed E-state index contributed by atoms with van der Waals surface area (Å²) in [5.74, 6) is -0.0211. The van der Waals surface area contributed by atoms with Crippen molar-refractivity contribution in [2.75, 3.05) is 7.11 Å². The van der Waals surface area contributed by atoms with Crippen molar-refractivity contribution in [3.8, 4) is 0 Å². The van der Waals surface area contributed by atoms with E-state index in [-0.39, 0.29) is 5.97 Å². The third-order valence-corrected chi connectivity index (χ3v) is 8.54. The molecule has 0 heterocycles. The van der Waals surface area contributed by atoms with Crippen LogP contribution in [0.3, 0.4) is 0 Å². The fraction of sp³-hybridized carbons (Fsp3) is 0.889. The highest BCUT2D eigenvalue weighted by Gasteiger charge is 2.29. The molecule has 0 atom stereocenters. The van der Waals surface area contributed by atoms with E-state index in [2.05, 4.69) is 20.8 Å². The van der Waals surface area contributed by atoms with Crippen molar-refractivity contribution >= 4 is 14.0 Å². The average molecular weight is 188 g/mol. The van der Waals surface area contributed by atoms with Gasteiger partial charge in [-0.15, -0.1) is 0 Å². The molecule has 12 heavy (non-hydrogen) atoms. The topological polar surface area (TPSA) is 26.3 Å². The zero-order chi connectivity index (χ0) is 9.61. The van der Waals surface area contributed by atoms with Crippen molar-refractivity contribution in [1.82, 2.24) is 0 Å². The maximum Gasteiger partial charge on any atom is 0.302 e. The maximum absolute atomic E-state index is 11.1. The number of hydrogen-bond acceptors (Lipinski definition) is 2. The second-order valence-corrected chi connectivity index (χ2v) is 8.79. The molecule has 0 aromatic heterocycles. The van der Waals surface area contributed by atoms with Crippen molar-refractivity contribution in [1.29, 1.82) is 0 Å². The Bertz CT molecular complexity index is 133. The Morgan fingerprint density at radius 2 is 1.58 bits per heavy atom. The lowest BCUT2D eigenvalue weighted by Gasteiger charge is -2.26. The Morgan fingerprint density at radius 1 is 1.17 bits per heavy atom. The molecule has 2 nitrogen and oxygen atoms in total. The van der Waals surface area contributed by atoms with E-state index in [1.54, 1.807) is 0 Å². The number of methoxy groups -OCH3 is 1. The molecule has 0 aliphatic carbocycles. The van der Waals surface area contributed by atoms with Gasteiger partial charge in [-0.25, -0.2) is 0 Å². The molecule has 72 valence electrons. The van der Waals surface area contributed by atoms with Gasteiger partial charge in [-0.1, -0.05) is 38.9 Å². The van der Waals surface area contributed by atoms with Crippen molar-refractivity contribution in [3.05, 3.63) is 0 Å². The van der Waals surface area contributed by atoms with Gasteiger partial charge in [-0.05, 0) is 0 Å². The van der Waals surface area contributed by atoms with Gasteiger partial charge in [0.1, 0.15) is 0 Å². The van der Waals surface area contributed by atoms with Crippen LogP contribution in [0.4, 0.5) is 0 Å². The van der Waals surface area contributed by atoms with E-state index in [0.717, 1.165) is 0 Å². The molecule has 0 saturated carbocycles. The van der Waals surface area contributed by atoms with Gasteiger partial charge in [0.05, 0.1) is 15.2 Å². The zero-order valence-corrected chi connectivity index (χ0v) is 9.64. The largest absolute Gasteiger partial charge is 0.469 e. The van der Waals surface area contributed by atoms with Crippen LogP contribution in [-0.2, 0) is 9.53 Å². The normalized spacial score (nSPS) is 11.3.